The number of aliphatic hydroxyl groups excluding tert-OH is 1. The van der Waals surface area contributed by atoms with E-state index in [-0.39, 0.29) is 6.10 Å². The molecule has 1 rings (SSSR count). The van der Waals surface area contributed by atoms with Gasteiger partial charge in [-0.1, -0.05) is 49.3 Å². The summed E-state index contributed by atoms with van der Waals surface area (Å²) in [5.41, 5.74) is 2.96. The van der Waals surface area contributed by atoms with Crippen LogP contribution in [0.25, 0.3) is 0 Å². The highest BCUT2D eigenvalue weighted by atomic mass is 16.3. The standard InChI is InChI=1S/C19H32O/c1-15(2)18-12-11-17(4)8-5-7-16(3)9-6-10-19(20)14-13-18/h8-9,13-15,18-20H,5-7,10-12H2,1-4H3/b14-13-,16-9+,17-8+/t18-,19+/m1/s1. The van der Waals surface area contributed by atoms with Gasteiger partial charge in [0, 0.05) is 0 Å². The van der Waals surface area contributed by atoms with Crippen LogP contribution in [0.5, 0.6) is 0 Å². The topological polar surface area (TPSA) is 20.2 Å². The first-order valence-electron chi connectivity index (χ1n) is 8.16. The molecule has 0 bridgehead atoms. The van der Waals surface area contributed by atoms with Crippen molar-refractivity contribution in [1.82, 2.24) is 0 Å². The predicted molar refractivity (Wildman–Crippen MR) is 88.7 cm³/mol. The number of hydrogen-bond acceptors (Lipinski definition) is 1. The second-order valence-corrected chi connectivity index (χ2v) is 6.62. The number of hydrogen-bond donors (Lipinski definition) is 1. The Morgan fingerprint density at radius 3 is 2.30 bits per heavy atom. The van der Waals surface area contributed by atoms with Crippen LogP contribution in [0.15, 0.2) is 35.5 Å². The van der Waals surface area contributed by atoms with Crippen LogP contribution < -0.4 is 0 Å². The van der Waals surface area contributed by atoms with Gasteiger partial charge in [-0.25, -0.2) is 0 Å². The highest BCUT2D eigenvalue weighted by Gasteiger charge is 2.11. The molecule has 1 N–H and O–H groups in total. The second kappa shape index (κ2) is 9.18. The van der Waals surface area contributed by atoms with Gasteiger partial charge in [0.15, 0.2) is 0 Å². The maximum absolute atomic E-state index is 10.0. The molecule has 0 amide bonds. The normalized spacial score (nSPS) is 33.7. The zero-order valence-corrected chi connectivity index (χ0v) is 13.7. The third-order valence-corrected chi connectivity index (χ3v) is 4.30. The van der Waals surface area contributed by atoms with Crippen LogP contribution in [0.2, 0.25) is 0 Å². The first-order valence-corrected chi connectivity index (χ1v) is 8.16. The Morgan fingerprint density at radius 2 is 1.60 bits per heavy atom. The molecule has 0 saturated heterocycles. The molecule has 0 aromatic rings. The van der Waals surface area contributed by atoms with Gasteiger partial charge in [-0.2, -0.15) is 0 Å². The highest BCUT2D eigenvalue weighted by Crippen LogP contribution is 2.23. The lowest BCUT2D eigenvalue weighted by atomic mass is 9.88. The maximum atomic E-state index is 10.0. The van der Waals surface area contributed by atoms with E-state index in [1.165, 1.54) is 24.0 Å². The molecule has 20 heavy (non-hydrogen) atoms. The minimum Gasteiger partial charge on any atom is -0.389 e. The first-order chi connectivity index (χ1) is 9.49. The van der Waals surface area contributed by atoms with E-state index in [0.717, 1.165) is 25.7 Å². The molecular formula is C19H32O. The summed E-state index contributed by atoms with van der Waals surface area (Å²) in [6.45, 7) is 9.00. The number of allylic oxidation sites excluding steroid dienone is 5. The van der Waals surface area contributed by atoms with Crippen LogP contribution in [0.3, 0.4) is 0 Å². The summed E-state index contributed by atoms with van der Waals surface area (Å²) in [5.74, 6) is 1.22. The van der Waals surface area contributed by atoms with Crippen LogP contribution in [-0.4, -0.2) is 11.2 Å². The van der Waals surface area contributed by atoms with Crippen molar-refractivity contribution in [3.63, 3.8) is 0 Å². The molecule has 1 aliphatic rings. The van der Waals surface area contributed by atoms with Gasteiger partial charge < -0.3 is 5.11 Å². The van der Waals surface area contributed by atoms with E-state index < -0.39 is 0 Å². The zero-order valence-electron chi connectivity index (χ0n) is 13.7. The van der Waals surface area contributed by atoms with E-state index in [9.17, 15) is 5.11 Å². The fourth-order valence-electron chi connectivity index (χ4n) is 2.66. The van der Waals surface area contributed by atoms with E-state index in [1.54, 1.807) is 0 Å². The average Bonchev–Trinajstić information content (AvgIpc) is 2.37. The van der Waals surface area contributed by atoms with Crippen LogP contribution in [0.4, 0.5) is 0 Å². The van der Waals surface area contributed by atoms with Crippen molar-refractivity contribution in [2.45, 2.75) is 72.3 Å². The monoisotopic (exact) mass is 276 g/mol. The Balaban J connectivity index is 2.75. The van der Waals surface area contributed by atoms with Crippen molar-refractivity contribution in [1.29, 1.82) is 0 Å². The van der Waals surface area contributed by atoms with Gasteiger partial charge in [-0.05, 0) is 64.2 Å². The summed E-state index contributed by atoms with van der Waals surface area (Å²) < 4.78 is 0. The van der Waals surface area contributed by atoms with Gasteiger partial charge in [0.25, 0.3) is 0 Å². The van der Waals surface area contributed by atoms with Crippen molar-refractivity contribution in [3.8, 4) is 0 Å². The molecule has 0 aliphatic heterocycles. The molecule has 0 unspecified atom stereocenters. The van der Waals surface area contributed by atoms with E-state index in [0.29, 0.717) is 11.8 Å². The van der Waals surface area contributed by atoms with Crippen molar-refractivity contribution in [3.05, 3.63) is 35.5 Å². The van der Waals surface area contributed by atoms with E-state index in [4.69, 9.17) is 0 Å². The summed E-state index contributed by atoms with van der Waals surface area (Å²) in [7, 11) is 0. The Bertz CT molecular complexity index is 360. The lowest BCUT2D eigenvalue weighted by molar-refractivity contribution is 0.212. The second-order valence-electron chi connectivity index (χ2n) is 6.62. The van der Waals surface area contributed by atoms with Crippen molar-refractivity contribution in [2.24, 2.45) is 11.8 Å². The van der Waals surface area contributed by atoms with Crippen molar-refractivity contribution < 1.29 is 5.11 Å². The first kappa shape index (κ1) is 17.2. The Kier molecular flexibility index (Phi) is 7.91. The number of aliphatic hydroxyl groups is 1. The number of rotatable bonds is 1. The van der Waals surface area contributed by atoms with Gasteiger partial charge in [-0.3, -0.25) is 0 Å². The van der Waals surface area contributed by atoms with Gasteiger partial charge >= 0.3 is 0 Å². The van der Waals surface area contributed by atoms with Crippen LogP contribution >= 0.6 is 0 Å². The van der Waals surface area contributed by atoms with Crippen LogP contribution in [-0.2, 0) is 0 Å². The Labute approximate surface area is 125 Å². The van der Waals surface area contributed by atoms with Crippen molar-refractivity contribution >= 4 is 0 Å². The van der Waals surface area contributed by atoms with E-state index >= 15 is 0 Å². The van der Waals surface area contributed by atoms with Gasteiger partial charge in [0.1, 0.15) is 0 Å². The molecule has 0 fully saturated rings. The molecule has 0 saturated carbocycles. The summed E-state index contributed by atoms with van der Waals surface area (Å²) in [4.78, 5) is 0. The Morgan fingerprint density at radius 1 is 0.950 bits per heavy atom. The lowest BCUT2D eigenvalue weighted by Crippen LogP contribution is -2.08. The minimum atomic E-state index is -0.292. The fraction of sp³-hybridized carbons (Fsp3) is 0.684. The lowest BCUT2D eigenvalue weighted by Gasteiger charge is -2.18. The molecule has 0 heterocycles. The van der Waals surface area contributed by atoms with Gasteiger partial charge in [-0.15, -0.1) is 0 Å². The molecule has 1 aliphatic carbocycles. The van der Waals surface area contributed by atoms with Crippen LogP contribution in [0, 0.1) is 11.8 Å². The van der Waals surface area contributed by atoms with Crippen LogP contribution in [0.1, 0.15) is 66.2 Å². The zero-order chi connectivity index (χ0) is 15.0. The van der Waals surface area contributed by atoms with Gasteiger partial charge in [0.2, 0.25) is 0 Å². The smallest absolute Gasteiger partial charge is 0.0724 e. The molecule has 1 heteroatoms. The summed E-state index contributed by atoms with van der Waals surface area (Å²) in [5, 5.41) is 10.0. The quantitative estimate of drug-likeness (QED) is 0.634. The summed E-state index contributed by atoms with van der Waals surface area (Å²) in [6.07, 6.45) is 15.1. The summed E-state index contributed by atoms with van der Waals surface area (Å²) >= 11 is 0. The molecule has 0 aromatic carbocycles. The van der Waals surface area contributed by atoms with Gasteiger partial charge in [0.05, 0.1) is 6.10 Å². The largest absolute Gasteiger partial charge is 0.389 e. The molecule has 1 nitrogen and oxygen atoms in total. The molecule has 2 atom stereocenters. The third kappa shape index (κ3) is 7.09. The minimum absolute atomic E-state index is 0.292. The predicted octanol–water partition coefficient (Wildman–Crippen LogP) is 5.42. The molecule has 0 radical (unpaired) electrons. The van der Waals surface area contributed by atoms with E-state index in [2.05, 4.69) is 45.9 Å². The Hall–Kier alpha value is -0.820. The molecule has 114 valence electrons. The highest BCUT2D eigenvalue weighted by molar-refractivity contribution is 5.06. The molecular weight excluding hydrogens is 244 g/mol. The third-order valence-electron chi connectivity index (χ3n) is 4.30. The van der Waals surface area contributed by atoms with Crippen molar-refractivity contribution in [2.75, 3.05) is 0 Å². The fourth-order valence-corrected chi connectivity index (χ4v) is 2.66. The van der Waals surface area contributed by atoms with E-state index in [1.807, 2.05) is 6.08 Å². The average molecular weight is 276 g/mol. The molecule has 0 aromatic heterocycles. The maximum Gasteiger partial charge on any atom is 0.0724 e. The SMILES string of the molecule is C/C1=C\CC[C@H](O)/C=C\[C@H](C(C)C)CC/C(C)=C/CC1. The summed E-state index contributed by atoms with van der Waals surface area (Å²) in [6, 6.07) is 0. The molecule has 0 spiro atoms.